The van der Waals surface area contributed by atoms with Gasteiger partial charge in [-0.2, -0.15) is 0 Å². The second kappa shape index (κ2) is 6.82. The second-order valence-corrected chi connectivity index (χ2v) is 5.57. The molecule has 1 aromatic carbocycles. The fraction of sp³-hybridized carbons (Fsp3) is 0.0625. The zero-order valence-electron chi connectivity index (χ0n) is 11.7. The number of nitrogens with one attached hydrogen (secondary N) is 2. The van der Waals surface area contributed by atoms with Crippen molar-refractivity contribution >= 4 is 28.9 Å². The third-order valence-corrected chi connectivity index (χ3v) is 3.83. The molecular weight excluding hydrogens is 296 g/mol. The Morgan fingerprint density at radius 2 is 1.95 bits per heavy atom. The zero-order chi connectivity index (χ0) is 15.2. The predicted molar refractivity (Wildman–Crippen MR) is 87.2 cm³/mol. The lowest BCUT2D eigenvalue weighted by Gasteiger charge is -2.07. The molecule has 0 saturated carbocycles. The first kappa shape index (κ1) is 14.2. The molecule has 22 heavy (non-hydrogen) atoms. The molecule has 2 N–H and O–H groups in total. The van der Waals surface area contributed by atoms with Gasteiger partial charge >= 0.3 is 0 Å². The van der Waals surface area contributed by atoms with E-state index in [9.17, 15) is 4.79 Å². The summed E-state index contributed by atoms with van der Waals surface area (Å²) in [5.74, 6) is 0.393. The van der Waals surface area contributed by atoms with Gasteiger partial charge in [0.15, 0.2) is 0 Å². The summed E-state index contributed by atoms with van der Waals surface area (Å²) in [5, 5.41) is 7.97. The van der Waals surface area contributed by atoms with Crippen LogP contribution in [0.25, 0.3) is 0 Å². The molecule has 0 spiro atoms. The molecule has 0 aliphatic rings. The van der Waals surface area contributed by atoms with Crippen LogP contribution >= 0.6 is 11.3 Å². The van der Waals surface area contributed by atoms with Gasteiger partial charge in [-0.25, -0.2) is 9.97 Å². The van der Waals surface area contributed by atoms with Crippen LogP contribution in [0.5, 0.6) is 0 Å². The van der Waals surface area contributed by atoms with Crippen molar-refractivity contribution in [3.63, 3.8) is 0 Å². The molecule has 0 radical (unpaired) electrons. The number of nitrogens with zero attached hydrogens (tertiary/aromatic N) is 2. The van der Waals surface area contributed by atoms with E-state index >= 15 is 0 Å². The average Bonchev–Trinajstić information content (AvgIpc) is 3.07. The number of anilines is 2. The van der Waals surface area contributed by atoms with Gasteiger partial charge in [0, 0.05) is 28.5 Å². The second-order valence-electron chi connectivity index (χ2n) is 4.54. The van der Waals surface area contributed by atoms with Gasteiger partial charge in [0.25, 0.3) is 5.91 Å². The van der Waals surface area contributed by atoms with E-state index in [0.29, 0.717) is 18.1 Å². The Bertz CT molecular complexity index is 744. The molecule has 0 atom stereocenters. The normalized spacial score (nSPS) is 10.2. The van der Waals surface area contributed by atoms with E-state index in [-0.39, 0.29) is 5.91 Å². The Morgan fingerprint density at radius 3 is 2.73 bits per heavy atom. The SMILES string of the molecule is O=C(NCc1cccs1)c1cccc(Nc2ncccn2)c1. The minimum absolute atomic E-state index is 0.106. The van der Waals surface area contributed by atoms with Gasteiger partial charge in [0.05, 0.1) is 6.54 Å². The van der Waals surface area contributed by atoms with Gasteiger partial charge in [0.1, 0.15) is 0 Å². The summed E-state index contributed by atoms with van der Waals surface area (Å²) < 4.78 is 0. The zero-order valence-corrected chi connectivity index (χ0v) is 12.5. The Kier molecular flexibility index (Phi) is 4.41. The van der Waals surface area contributed by atoms with Gasteiger partial charge < -0.3 is 10.6 Å². The molecule has 1 amide bonds. The number of aromatic nitrogens is 2. The summed E-state index contributed by atoms with van der Waals surface area (Å²) in [7, 11) is 0. The summed E-state index contributed by atoms with van der Waals surface area (Å²) >= 11 is 1.62. The molecule has 3 aromatic rings. The van der Waals surface area contributed by atoms with Crippen molar-refractivity contribution in [1.82, 2.24) is 15.3 Å². The summed E-state index contributed by atoms with van der Waals surface area (Å²) in [4.78, 5) is 21.5. The lowest BCUT2D eigenvalue weighted by molar-refractivity contribution is 0.0951. The van der Waals surface area contributed by atoms with E-state index in [1.807, 2.05) is 29.6 Å². The van der Waals surface area contributed by atoms with Crippen molar-refractivity contribution in [1.29, 1.82) is 0 Å². The Hall–Kier alpha value is -2.73. The van der Waals surface area contributed by atoms with E-state index in [4.69, 9.17) is 0 Å². The van der Waals surface area contributed by atoms with Gasteiger partial charge in [0.2, 0.25) is 5.95 Å². The quantitative estimate of drug-likeness (QED) is 0.759. The van der Waals surface area contributed by atoms with Crippen LogP contribution in [0.2, 0.25) is 0 Å². The van der Waals surface area contributed by atoms with Crippen LogP contribution in [0.4, 0.5) is 11.6 Å². The first-order chi connectivity index (χ1) is 10.8. The number of rotatable bonds is 5. The molecule has 0 unspecified atom stereocenters. The van der Waals surface area contributed by atoms with Crippen molar-refractivity contribution < 1.29 is 4.79 Å². The highest BCUT2D eigenvalue weighted by atomic mass is 32.1. The van der Waals surface area contributed by atoms with Crippen LogP contribution in [-0.4, -0.2) is 15.9 Å². The molecular formula is C16H14N4OS. The summed E-state index contributed by atoms with van der Waals surface area (Å²) in [6.45, 7) is 0.538. The molecule has 0 saturated heterocycles. The fourth-order valence-corrected chi connectivity index (χ4v) is 2.56. The molecule has 0 fully saturated rings. The molecule has 5 nitrogen and oxygen atoms in total. The minimum Gasteiger partial charge on any atom is -0.347 e. The highest BCUT2D eigenvalue weighted by molar-refractivity contribution is 7.09. The van der Waals surface area contributed by atoms with E-state index in [2.05, 4.69) is 20.6 Å². The van der Waals surface area contributed by atoms with Crippen molar-refractivity contribution in [3.8, 4) is 0 Å². The molecule has 2 heterocycles. The van der Waals surface area contributed by atoms with Crippen molar-refractivity contribution in [3.05, 3.63) is 70.7 Å². The lowest BCUT2D eigenvalue weighted by atomic mass is 10.2. The van der Waals surface area contributed by atoms with Crippen LogP contribution in [-0.2, 0) is 6.54 Å². The molecule has 6 heteroatoms. The van der Waals surface area contributed by atoms with E-state index in [1.165, 1.54) is 0 Å². The third kappa shape index (κ3) is 3.67. The van der Waals surface area contributed by atoms with Gasteiger partial charge in [-0.1, -0.05) is 12.1 Å². The highest BCUT2D eigenvalue weighted by Crippen LogP contribution is 2.15. The number of carbonyl (C=O) groups excluding carboxylic acids is 1. The molecule has 0 aliphatic carbocycles. The maximum atomic E-state index is 12.2. The first-order valence-corrected chi connectivity index (χ1v) is 7.64. The van der Waals surface area contributed by atoms with Crippen molar-refractivity contribution in [2.45, 2.75) is 6.54 Å². The number of amides is 1. The first-order valence-electron chi connectivity index (χ1n) is 6.76. The van der Waals surface area contributed by atoms with Gasteiger partial charge in [-0.3, -0.25) is 4.79 Å². The predicted octanol–water partition coefficient (Wildman–Crippen LogP) is 3.21. The number of benzene rings is 1. The molecule has 110 valence electrons. The van der Waals surface area contributed by atoms with Crippen LogP contribution in [0.3, 0.4) is 0 Å². The van der Waals surface area contributed by atoms with Gasteiger partial charge in [-0.15, -0.1) is 11.3 Å². The number of hydrogen-bond acceptors (Lipinski definition) is 5. The Balaban J connectivity index is 1.66. The van der Waals surface area contributed by atoms with Crippen molar-refractivity contribution in [2.75, 3.05) is 5.32 Å². The van der Waals surface area contributed by atoms with Crippen LogP contribution in [0, 0.1) is 0 Å². The minimum atomic E-state index is -0.106. The molecule has 0 aliphatic heterocycles. The van der Waals surface area contributed by atoms with E-state index in [1.54, 1.807) is 41.9 Å². The Labute approximate surface area is 132 Å². The number of hydrogen-bond donors (Lipinski definition) is 2. The standard InChI is InChI=1S/C16H14N4OS/c21-15(19-11-14-6-2-9-22-14)12-4-1-5-13(10-12)20-16-17-7-3-8-18-16/h1-10H,11H2,(H,19,21)(H,17,18,20). The van der Waals surface area contributed by atoms with Crippen LogP contribution in [0.15, 0.2) is 60.2 Å². The summed E-state index contributed by atoms with van der Waals surface area (Å²) in [6.07, 6.45) is 3.32. The van der Waals surface area contributed by atoms with Crippen LogP contribution < -0.4 is 10.6 Å². The molecule has 0 bridgehead atoms. The topological polar surface area (TPSA) is 66.9 Å². The number of carbonyl (C=O) groups is 1. The average molecular weight is 310 g/mol. The smallest absolute Gasteiger partial charge is 0.251 e. The summed E-state index contributed by atoms with van der Waals surface area (Å²) in [6, 6.07) is 13.0. The van der Waals surface area contributed by atoms with Gasteiger partial charge in [-0.05, 0) is 35.7 Å². The van der Waals surface area contributed by atoms with E-state index in [0.717, 1.165) is 10.6 Å². The van der Waals surface area contributed by atoms with Crippen molar-refractivity contribution in [2.24, 2.45) is 0 Å². The number of thiophene rings is 1. The van der Waals surface area contributed by atoms with E-state index < -0.39 is 0 Å². The third-order valence-electron chi connectivity index (χ3n) is 2.95. The monoisotopic (exact) mass is 310 g/mol. The fourth-order valence-electron chi connectivity index (χ4n) is 1.91. The lowest BCUT2D eigenvalue weighted by Crippen LogP contribution is -2.22. The Morgan fingerprint density at radius 1 is 1.09 bits per heavy atom. The highest BCUT2D eigenvalue weighted by Gasteiger charge is 2.07. The molecule has 3 rings (SSSR count). The largest absolute Gasteiger partial charge is 0.347 e. The maximum absolute atomic E-state index is 12.2. The maximum Gasteiger partial charge on any atom is 0.251 e. The summed E-state index contributed by atoms with van der Waals surface area (Å²) in [5.41, 5.74) is 1.37. The molecule has 2 aromatic heterocycles. The van der Waals surface area contributed by atoms with Crippen LogP contribution in [0.1, 0.15) is 15.2 Å².